The van der Waals surface area contributed by atoms with E-state index in [1.54, 1.807) is 7.11 Å². The molecule has 0 fully saturated rings. The Balaban J connectivity index is 2.57. The number of benzene rings is 1. The van der Waals surface area contributed by atoms with Gasteiger partial charge in [-0.05, 0) is 23.5 Å². The average Bonchev–Trinajstić information content (AvgIpc) is 2.33. The zero-order valence-electron chi connectivity index (χ0n) is 12.9. The number of para-hydroxylation sites is 1. The summed E-state index contributed by atoms with van der Waals surface area (Å²) in [7, 11) is 1.71. The monoisotopic (exact) mass is 265 g/mol. The Bertz CT molecular complexity index is 383. The smallest absolute Gasteiger partial charge is 0.125 e. The molecule has 0 amide bonds. The first-order valence-corrected chi connectivity index (χ1v) is 6.89. The van der Waals surface area contributed by atoms with Crippen molar-refractivity contribution >= 4 is 0 Å². The maximum atomic E-state index is 5.97. The zero-order chi connectivity index (χ0) is 14.3. The fourth-order valence-electron chi connectivity index (χ4n) is 1.96. The van der Waals surface area contributed by atoms with Crippen LogP contribution in [0.25, 0.3) is 0 Å². The van der Waals surface area contributed by atoms with Crippen LogP contribution in [-0.2, 0) is 10.2 Å². The molecule has 0 spiro atoms. The topological polar surface area (TPSA) is 30.5 Å². The van der Waals surface area contributed by atoms with Crippen LogP contribution in [0.2, 0.25) is 0 Å². The fraction of sp³-hybridized carbons (Fsp3) is 0.625. The summed E-state index contributed by atoms with van der Waals surface area (Å²) in [5.41, 5.74) is 2.57. The van der Waals surface area contributed by atoms with Crippen LogP contribution in [-0.4, -0.2) is 33.4 Å². The van der Waals surface area contributed by atoms with Gasteiger partial charge in [-0.3, -0.25) is 0 Å². The molecule has 1 aromatic rings. The molecule has 0 bridgehead atoms. The number of hydrogen-bond donors (Lipinski definition) is 1. The van der Waals surface area contributed by atoms with Crippen molar-refractivity contribution in [1.29, 1.82) is 0 Å². The molecule has 3 heteroatoms. The molecule has 1 aromatic carbocycles. The molecule has 0 aliphatic heterocycles. The molecule has 0 radical (unpaired) electrons. The van der Waals surface area contributed by atoms with Gasteiger partial charge >= 0.3 is 0 Å². The van der Waals surface area contributed by atoms with E-state index in [1.807, 2.05) is 0 Å². The average molecular weight is 265 g/mol. The van der Waals surface area contributed by atoms with Gasteiger partial charge < -0.3 is 14.8 Å². The standard InChI is InChI=1S/C16H27NO2/c1-13-7-6-8-14(16(2,3)4)15(13)19-12-10-17-9-11-18-5/h6-8,17H,9-12H2,1-5H3. The van der Waals surface area contributed by atoms with Crippen molar-refractivity contribution in [3.8, 4) is 5.75 Å². The Morgan fingerprint density at radius 1 is 1.11 bits per heavy atom. The van der Waals surface area contributed by atoms with Crippen molar-refractivity contribution in [3.63, 3.8) is 0 Å². The highest BCUT2D eigenvalue weighted by Crippen LogP contribution is 2.33. The maximum Gasteiger partial charge on any atom is 0.125 e. The summed E-state index contributed by atoms with van der Waals surface area (Å²) in [6.45, 7) is 11.8. The summed E-state index contributed by atoms with van der Waals surface area (Å²) in [5.74, 6) is 1.03. The van der Waals surface area contributed by atoms with Crippen LogP contribution in [0.15, 0.2) is 18.2 Å². The largest absolute Gasteiger partial charge is 0.492 e. The molecule has 1 N–H and O–H groups in total. The number of rotatable bonds is 7. The number of ether oxygens (including phenoxy) is 2. The molecule has 0 unspecified atom stereocenters. The Hall–Kier alpha value is -1.06. The quantitative estimate of drug-likeness (QED) is 0.769. The second-order valence-electron chi connectivity index (χ2n) is 5.79. The Morgan fingerprint density at radius 2 is 1.79 bits per heavy atom. The molecule has 0 heterocycles. The summed E-state index contributed by atoms with van der Waals surface area (Å²) < 4.78 is 11.0. The van der Waals surface area contributed by atoms with Gasteiger partial charge in [0.05, 0.1) is 6.61 Å². The lowest BCUT2D eigenvalue weighted by Gasteiger charge is -2.24. The maximum absolute atomic E-state index is 5.97. The summed E-state index contributed by atoms with van der Waals surface area (Å²) in [4.78, 5) is 0. The van der Waals surface area contributed by atoms with Gasteiger partial charge in [0.2, 0.25) is 0 Å². The van der Waals surface area contributed by atoms with E-state index in [4.69, 9.17) is 9.47 Å². The van der Waals surface area contributed by atoms with Gasteiger partial charge in [-0.1, -0.05) is 39.0 Å². The van der Waals surface area contributed by atoms with Gasteiger partial charge in [-0.2, -0.15) is 0 Å². The second-order valence-corrected chi connectivity index (χ2v) is 5.79. The van der Waals surface area contributed by atoms with E-state index in [9.17, 15) is 0 Å². The highest BCUT2D eigenvalue weighted by Gasteiger charge is 2.19. The SMILES string of the molecule is COCCNCCOc1c(C)cccc1C(C)(C)C. The summed E-state index contributed by atoms with van der Waals surface area (Å²) in [6, 6.07) is 6.35. The summed E-state index contributed by atoms with van der Waals surface area (Å²) >= 11 is 0. The zero-order valence-corrected chi connectivity index (χ0v) is 12.9. The van der Waals surface area contributed by atoms with E-state index in [0.29, 0.717) is 6.61 Å². The van der Waals surface area contributed by atoms with Gasteiger partial charge in [0, 0.05) is 20.2 Å². The molecule has 0 aromatic heterocycles. The van der Waals surface area contributed by atoms with E-state index >= 15 is 0 Å². The molecular formula is C16H27NO2. The van der Waals surface area contributed by atoms with Crippen molar-refractivity contribution in [2.75, 3.05) is 33.4 Å². The van der Waals surface area contributed by atoms with Crippen LogP contribution < -0.4 is 10.1 Å². The van der Waals surface area contributed by atoms with Gasteiger partial charge in [0.15, 0.2) is 0 Å². The predicted octanol–water partition coefficient (Wildman–Crippen LogP) is 2.91. The minimum absolute atomic E-state index is 0.102. The van der Waals surface area contributed by atoms with Crippen LogP contribution >= 0.6 is 0 Å². The van der Waals surface area contributed by atoms with E-state index in [1.165, 1.54) is 11.1 Å². The highest BCUT2D eigenvalue weighted by molar-refractivity contribution is 5.44. The highest BCUT2D eigenvalue weighted by atomic mass is 16.5. The lowest BCUT2D eigenvalue weighted by atomic mass is 9.85. The molecule has 19 heavy (non-hydrogen) atoms. The minimum atomic E-state index is 0.102. The number of aryl methyl sites for hydroxylation is 1. The molecule has 0 aliphatic rings. The Kier molecular flexibility index (Phi) is 6.32. The Morgan fingerprint density at radius 3 is 2.42 bits per heavy atom. The first-order chi connectivity index (χ1) is 8.96. The molecule has 0 atom stereocenters. The van der Waals surface area contributed by atoms with Gasteiger partial charge in [0.25, 0.3) is 0 Å². The first kappa shape index (κ1) is 16.0. The summed E-state index contributed by atoms with van der Waals surface area (Å²) in [5, 5.41) is 3.28. The van der Waals surface area contributed by atoms with Gasteiger partial charge in [-0.15, -0.1) is 0 Å². The van der Waals surface area contributed by atoms with Crippen molar-refractivity contribution < 1.29 is 9.47 Å². The van der Waals surface area contributed by atoms with E-state index in [2.05, 4.69) is 51.2 Å². The third-order valence-electron chi connectivity index (χ3n) is 3.03. The normalized spacial score (nSPS) is 11.6. The fourth-order valence-corrected chi connectivity index (χ4v) is 1.96. The molecule has 1 rings (SSSR count). The molecule has 0 saturated carbocycles. The predicted molar refractivity (Wildman–Crippen MR) is 80.1 cm³/mol. The van der Waals surface area contributed by atoms with Crippen molar-refractivity contribution in [2.24, 2.45) is 0 Å². The van der Waals surface area contributed by atoms with Crippen LogP contribution in [0.4, 0.5) is 0 Å². The molecule has 108 valence electrons. The molecule has 3 nitrogen and oxygen atoms in total. The second kappa shape index (κ2) is 7.51. The number of nitrogens with one attached hydrogen (secondary N) is 1. The van der Waals surface area contributed by atoms with Crippen molar-refractivity contribution in [3.05, 3.63) is 29.3 Å². The van der Waals surface area contributed by atoms with Crippen LogP contribution in [0.1, 0.15) is 31.9 Å². The number of hydrogen-bond acceptors (Lipinski definition) is 3. The minimum Gasteiger partial charge on any atom is -0.492 e. The van der Waals surface area contributed by atoms with Crippen molar-refractivity contribution in [1.82, 2.24) is 5.32 Å². The van der Waals surface area contributed by atoms with Crippen molar-refractivity contribution in [2.45, 2.75) is 33.1 Å². The third-order valence-corrected chi connectivity index (χ3v) is 3.03. The van der Waals surface area contributed by atoms with E-state index < -0.39 is 0 Å². The van der Waals surface area contributed by atoms with Crippen LogP contribution in [0.5, 0.6) is 5.75 Å². The molecule has 0 aliphatic carbocycles. The van der Waals surface area contributed by atoms with Gasteiger partial charge in [-0.25, -0.2) is 0 Å². The van der Waals surface area contributed by atoms with Crippen LogP contribution in [0, 0.1) is 6.92 Å². The Labute approximate surface area is 117 Å². The third kappa shape index (κ3) is 5.21. The summed E-state index contributed by atoms with van der Waals surface area (Å²) in [6.07, 6.45) is 0. The number of methoxy groups -OCH3 is 1. The van der Waals surface area contributed by atoms with E-state index in [0.717, 1.165) is 25.4 Å². The molecular weight excluding hydrogens is 238 g/mol. The van der Waals surface area contributed by atoms with Crippen LogP contribution in [0.3, 0.4) is 0 Å². The van der Waals surface area contributed by atoms with E-state index in [-0.39, 0.29) is 5.41 Å². The van der Waals surface area contributed by atoms with Gasteiger partial charge in [0.1, 0.15) is 12.4 Å². The lowest BCUT2D eigenvalue weighted by molar-refractivity contribution is 0.196. The molecule has 0 saturated heterocycles. The first-order valence-electron chi connectivity index (χ1n) is 6.89. The lowest BCUT2D eigenvalue weighted by Crippen LogP contribution is -2.25.